The van der Waals surface area contributed by atoms with E-state index >= 15 is 0 Å². The zero-order chi connectivity index (χ0) is 15.5. The van der Waals surface area contributed by atoms with Gasteiger partial charge in [0.1, 0.15) is 0 Å². The van der Waals surface area contributed by atoms with Crippen molar-refractivity contribution in [3.05, 3.63) is 35.9 Å². The number of amides is 1. The molecular formula is C16H25ClF2N2O. The summed E-state index contributed by atoms with van der Waals surface area (Å²) in [6.07, 6.45) is 1.39. The van der Waals surface area contributed by atoms with Gasteiger partial charge in [0.05, 0.1) is 6.54 Å². The molecule has 0 radical (unpaired) electrons. The van der Waals surface area contributed by atoms with E-state index in [1.807, 2.05) is 30.3 Å². The third-order valence-electron chi connectivity index (χ3n) is 3.27. The molecule has 0 saturated heterocycles. The summed E-state index contributed by atoms with van der Waals surface area (Å²) in [4.78, 5) is 13.3. The van der Waals surface area contributed by atoms with Crippen molar-refractivity contribution < 1.29 is 13.6 Å². The molecule has 2 N–H and O–H groups in total. The predicted molar refractivity (Wildman–Crippen MR) is 87.3 cm³/mol. The number of hydrogen-bond acceptors (Lipinski definition) is 2. The van der Waals surface area contributed by atoms with E-state index < -0.39 is 13.0 Å². The zero-order valence-electron chi connectivity index (χ0n) is 12.7. The summed E-state index contributed by atoms with van der Waals surface area (Å²) in [6.45, 7) is 0.392. The van der Waals surface area contributed by atoms with Gasteiger partial charge in [0.15, 0.2) is 0 Å². The maximum absolute atomic E-state index is 12.6. The summed E-state index contributed by atoms with van der Waals surface area (Å²) >= 11 is 0. The van der Waals surface area contributed by atoms with E-state index in [0.717, 1.165) is 31.2 Å². The van der Waals surface area contributed by atoms with Crippen molar-refractivity contribution in [1.82, 2.24) is 4.90 Å². The highest BCUT2D eigenvalue weighted by Crippen LogP contribution is 2.11. The summed E-state index contributed by atoms with van der Waals surface area (Å²) in [6, 6.07) is 9.22. The van der Waals surface area contributed by atoms with E-state index in [0.29, 0.717) is 13.0 Å². The Kier molecular flexibility index (Phi) is 11.7. The number of nitrogens with two attached hydrogens (primary N) is 1. The number of nitrogens with zero attached hydrogens (tertiary/aromatic N) is 1. The highest BCUT2D eigenvalue weighted by atomic mass is 35.5. The first-order valence-electron chi connectivity index (χ1n) is 7.43. The molecule has 3 nitrogen and oxygen atoms in total. The maximum atomic E-state index is 12.6. The van der Waals surface area contributed by atoms with Gasteiger partial charge in [-0.1, -0.05) is 43.2 Å². The van der Waals surface area contributed by atoms with Crippen LogP contribution in [0.1, 0.15) is 37.7 Å². The molecule has 0 fully saturated rings. The van der Waals surface area contributed by atoms with Crippen LogP contribution in [-0.2, 0) is 11.3 Å². The lowest BCUT2D eigenvalue weighted by Gasteiger charge is -2.22. The molecule has 0 bridgehead atoms. The zero-order valence-corrected chi connectivity index (χ0v) is 13.5. The average molecular weight is 335 g/mol. The Bertz CT molecular complexity index is 404. The second kappa shape index (κ2) is 12.4. The normalized spacial score (nSPS) is 10.4. The van der Waals surface area contributed by atoms with Crippen molar-refractivity contribution in [3.63, 3.8) is 0 Å². The van der Waals surface area contributed by atoms with Crippen LogP contribution in [0, 0.1) is 0 Å². The smallest absolute Gasteiger partial charge is 0.255 e. The Labute approximate surface area is 137 Å². The van der Waals surface area contributed by atoms with Crippen molar-refractivity contribution in [3.8, 4) is 0 Å². The first-order chi connectivity index (χ1) is 10.1. The number of unbranched alkanes of at least 4 members (excludes halogenated alkanes) is 3. The number of benzene rings is 1. The van der Waals surface area contributed by atoms with Crippen LogP contribution in [0.15, 0.2) is 30.3 Å². The fourth-order valence-electron chi connectivity index (χ4n) is 2.16. The van der Waals surface area contributed by atoms with E-state index in [9.17, 15) is 13.6 Å². The Morgan fingerprint density at radius 3 is 2.32 bits per heavy atom. The van der Waals surface area contributed by atoms with Gasteiger partial charge in [0.25, 0.3) is 6.43 Å². The van der Waals surface area contributed by atoms with Crippen molar-refractivity contribution in [2.75, 3.05) is 13.1 Å². The van der Waals surface area contributed by atoms with Crippen LogP contribution < -0.4 is 5.73 Å². The Balaban J connectivity index is 0.00000441. The van der Waals surface area contributed by atoms with Gasteiger partial charge in [-0.3, -0.25) is 4.79 Å². The molecule has 6 heteroatoms. The lowest BCUT2D eigenvalue weighted by atomic mass is 10.1. The topological polar surface area (TPSA) is 46.3 Å². The average Bonchev–Trinajstić information content (AvgIpc) is 2.47. The molecule has 0 aliphatic rings. The van der Waals surface area contributed by atoms with Crippen LogP contribution in [0.3, 0.4) is 0 Å². The number of halogens is 3. The van der Waals surface area contributed by atoms with E-state index in [1.165, 1.54) is 4.90 Å². The predicted octanol–water partition coefficient (Wildman–Crippen LogP) is 3.61. The molecule has 0 saturated carbocycles. The number of carbonyl (C=O) groups is 1. The van der Waals surface area contributed by atoms with Crippen molar-refractivity contribution >= 4 is 18.3 Å². The number of rotatable bonds is 10. The van der Waals surface area contributed by atoms with Crippen LogP contribution in [0.4, 0.5) is 8.78 Å². The SMILES string of the molecule is Cl.NCCCCCCC(=O)N(Cc1ccccc1)CC(F)F. The molecule has 22 heavy (non-hydrogen) atoms. The summed E-state index contributed by atoms with van der Waals surface area (Å²) in [7, 11) is 0. The summed E-state index contributed by atoms with van der Waals surface area (Å²) in [5, 5.41) is 0. The second-order valence-electron chi connectivity index (χ2n) is 5.10. The van der Waals surface area contributed by atoms with E-state index in [2.05, 4.69) is 0 Å². The molecule has 0 unspecified atom stereocenters. The minimum absolute atomic E-state index is 0. The minimum Gasteiger partial charge on any atom is -0.333 e. The Morgan fingerprint density at radius 1 is 1.09 bits per heavy atom. The number of hydrogen-bond donors (Lipinski definition) is 1. The second-order valence-corrected chi connectivity index (χ2v) is 5.10. The Hall–Kier alpha value is -1.20. The molecular weight excluding hydrogens is 310 g/mol. The molecule has 1 aromatic rings. The quantitative estimate of drug-likeness (QED) is 0.664. The number of alkyl halides is 2. The molecule has 0 spiro atoms. The fourth-order valence-corrected chi connectivity index (χ4v) is 2.16. The van der Waals surface area contributed by atoms with Crippen LogP contribution in [0.25, 0.3) is 0 Å². The van der Waals surface area contributed by atoms with Crippen molar-refractivity contribution in [2.45, 2.75) is 45.1 Å². The molecule has 1 amide bonds. The van der Waals surface area contributed by atoms with Gasteiger partial charge in [-0.25, -0.2) is 8.78 Å². The minimum atomic E-state index is -2.50. The third-order valence-corrected chi connectivity index (χ3v) is 3.27. The third kappa shape index (κ3) is 8.95. The first kappa shape index (κ1) is 20.8. The maximum Gasteiger partial charge on any atom is 0.255 e. The molecule has 1 rings (SSSR count). The van der Waals surface area contributed by atoms with Gasteiger partial charge in [-0.15, -0.1) is 12.4 Å². The van der Waals surface area contributed by atoms with Crippen molar-refractivity contribution in [2.24, 2.45) is 5.73 Å². The number of carbonyl (C=O) groups excluding carboxylic acids is 1. The van der Waals surface area contributed by atoms with Gasteiger partial charge >= 0.3 is 0 Å². The molecule has 0 aliphatic heterocycles. The first-order valence-corrected chi connectivity index (χ1v) is 7.43. The monoisotopic (exact) mass is 334 g/mol. The standard InChI is InChI=1S/C16H24F2N2O.ClH/c17-15(18)13-20(12-14-8-4-3-5-9-14)16(21)10-6-1-2-7-11-19;/h3-5,8-9,15H,1-2,6-7,10-13,19H2;1H. The van der Waals surface area contributed by atoms with Crippen LogP contribution in [0.5, 0.6) is 0 Å². The fraction of sp³-hybridized carbons (Fsp3) is 0.562. The summed E-state index contributed by atoms with van der Waals surface area (Å²) < 4.78 is 25.3. The van der Waals surface area contributed by atoms with Crippen LogP contribution >= 0.6 is 12.4 Å². The Morgan fingerprint density at radius 2 is 1.73 bits per heavy atom. The highest BCUT2D eigenvalue weighted by Gasteiger charge is 2.18. The van der Waals surface area contributed by atoms with Crippen molar-refractivity contribution in [1.29, 1.82) is 0 Å². The lowest BCUT2D eigenvalue weighted by molar-refractivity contribution is -0.134. The van der Waals surface area contributed by atoms with Gasteiger partial charge in [0, 0.05) is 13.0 Å². The summed E-state index contributed by atoms with van der Waals surface area (Å²) in [5.74, 6) is -0.202. The van der Waals surface area contributed by atoms with Gasteiger partial charge < -0.3 is 10.6 Å². The van der Waals surface area contributed by atoms with Gasteiger partial charge in [-0.2, -0.15) is 0 Å². The molecule has 0 aliphatic carbocycles. The molecule has 126 valence electrons. The van der Waals surface area contributed by atoms with Crippen LogP contribution in [0.2, 0.25) is 0 Å². The van der Waals surface area contributed by atoms with E-state index in [1.54, 1.807) is 0 Å². The molecule has 0 heterocycles. The van der Waals surface area contributed by atoms with Crippen LogP contribution in [-0.4, -0.2) is 30.3 Å². The summed E-state index contributed by atoms with van der Waals surface area (Å²) in [5.41, 5.74) is 6.27. The van der Waals surface area contributed by atoms with E-state index in [-0.39, 0.29) is 24.9 Å². The van der Waals surface area contributed by atoms with Gasteiger partial charge in [-0.05, 0) is 24.9 Å². The molecule has 0 aromatic heterocycles. The van der Waals surface area contributed by atoms with Gasteiger partial charge in [0.2, 0.25) is 5.91 Å². The lowest BCUT2D eigenvalue weighted by Crippen LogP contribution is -2.34. The molecule has 1 aromatic carbocycles. The van der Waals surface area contributed by atoms with E-state index in [4.69, 9.17) is 5.73 Å². The molecule has 0 atom stereocenters. The largest absolute Gasteiger partial charge is 0.333 e. The highest BCUT2D eigenvalue weighted by molar-refractivity contribution is 5.85.